The number of hydrogen-bond acceptors (Lipinski definition) is 2. The molecule has 0 saturated heterocycles. The lowest BCUT2D eigenvalue weighted by molar-refractivity contribution is -0.145. The minimum Gasteiger partial charge on any atom is -0.481 e. The van der Waals surface area contributed by atoms with Gasteiger partial charge in [0, 0.05) is 7.85 Å². The molecule has 2 saturated carbocycles. The molecule has 0 aromatic rings. The van der Waals surface area contributed by atoms with Gasteiger partial charge in [-0.05, 0) is 50.4 Å². The molecule has 0 amide bonds. The summed E-state index contributed by atoms with van der Waals surface area (Å²) < 4.78 is 1.15. The zero-order valence-corrected chi connectivity index (χ0v) is 17.5. The number of carboxylic acid groups (broad SMARTS) is 2. The van der Waals surface area contributed by atoms with Crippen LogP contribution in [-0.2, 0) is 9.59 Å². The minimum atomic E-state index is -0.612. The summed E-state index contributed by atoms with van der Waals surface area (Å²) in [6, 6.07) is 0. The molecule has 0 aliphatic heterocycles. The summed E-state index contributed by atoms with van der Waals surface area (Å²) in [6.45, 7) is 4.09. The lowest BCUT2D eigenvalue weighted by atomic mass is 9.80. The molecule has 128 valence electrons. The van der Waals surface area contributed by atoms with Gasteiger partial charge in [0.25, 0.3) is 0 Å². The average molecular weight is 536 g/mol. The van der Waals surface area contributed by atoms with Crippen LogP contribution in [0.1, 0.15) is 52.4 Å². The van der Waals surface area contributed by atoms with Gasteiger partial charge in [-0.3, -0.25) is 9.59 Å². The van der Waals surface area contributed by atoms with E-state index in [-0.39, 0.29) is 11.8 Å². The van der Waals surface area contributed by atoms with Crippen molar-refractivity contribution in [3.05, 3.63) is 0 Å². The fourth-order valence-corrected chi connectivity index (χ4v) is 5.04. The lowest BCUT2D eigenvalue weighted by Gasteiger charge is -2.28. The first-order valence-electron chi connectivity index (χ1n) is 7.96. The van der Waals surface area contributed by atoms with Crippen molar-refractivity contribution in [3.8, 4) is 0 Å². The van der Waals surface area contributed by atoms with Crippen LogP contribution in [0.25, 0.3) is 0 Å². The van der Waals surface area contributed by atoms with Gasteiger partial charge in [0.2, 0.25) is 0 Å². The van der Waals surface area contributed by atoms with E-state index in [0.717, 1.165) is 25.7 Å². The van der Waals surface area contributed by atoms with Crippen molar-refractivity contribution in [1.29, 1.82) is 0 Å². The lowest BCUT2D eigenvalue weighted by Crippen LogP contribution is -2.29. The van der Waals surface area contributed by atoms with Crippen LogP contribution in [-0.4, -0.2) is 30.0 Å². The van der Waals surface area contributed by atoms with E-state index in [1.165, 1.54) is 12.8 Å². The third-order valence-electron chi connectivity index (χ3n) is 4.90. The van der Waals surface area contributed by atoms with Crippen LogP contribution in [0, 0.1) is 23.7 Å². The Morgan fingerprint density at radius 2 is 1.09 bits per heavy atom. The van der Waals surface area contributed by atoms with Gasteiger partial charge in [-0.15, -0.1) is 0 Å². The summed E-state index contributed by atoms with van der Waals surface area (Å²) in [7, 11) is 0. The van der Waals surface area contributed by atoms with Gasteiger partial charge in [-0.2, -0.15) is 0 Å². The molecule has 2 fully saturated rings. The Balaban J connectivity index is 0.000000220. The molecule has 0 aromatic heterocycles. The second-order valence-corrected chi connectivity index (χ2v) is 10.2. The fourth-order valence-electron chi connectivity index (χ4n) is 3.23. The number of aliphatic carboxylic acids is 2. The second kappa shape index (κ2) is 9.64. The van der Waals surface area contributed by atoms with Crippen LogP contribution >= 0.6 is 45.2 Å². The third-order valence-corrected chi connectivity index (χ3v) is 7.16. The Bertz CT molecular complexity index is 352. The highest BCUT2D eigenvalue weighted by Crippen LogP contribution is 2.34. The highest BCUT2D eigenvalue weighted by Gasteiger charge is 2.32. The van der Waals surface area contributed by atoms with Crippen LogP contribution in [0.15, 0.2) is 0 Å². The smallest absolute Gasteiger partial charge is 0.306 e. The number of halogens is 2. The first-order valence-corrected chi connectivity index (χ1v) is 10.4. The van der Waals surface area contributed by atoms with Crippen LogP contribution in [0.4, 0.5) is 0 Å². The van der Waals surface area contributed by atoms with E-state index >= 15 is 0 Å². The van der Waals surface area contributed by atoms with Crippen molar-refractivity contribution in [2.75, 3.05) is 0 Å². The minimum absolute atomic E-state index is 0.0920. The fraction of sp³-hybridized carbons (Fsp3) is 0.875. The topological polar surface area (TPSA) is 74.6 Å². The van der Waals surface area contributed by atoms with E-state index < -0.39 is 11.9 Å². The molecule has 0 radical (unpaired) electrons. The average Bonchev–Trinajstić information content (AvgIpc) is 2.44. The van der Waals surface area contributed by atoms with E-state index in [0.29, 0.717) is 19.7 Å². The Kier molecular flexibility index (Phi) is 8.96. The molecule has 4 nitrogen and oxygen atoms in total. The van der Waals surface area contributed by atoms with Crippen LogP contribution in [0.5, 0.6) is 0 Å². The van der Waals surface area contributed by atoms with E-state index in [9.17, 15) is 9.59 Å². The van der Waals surface area contributed by atoms with Gasteiger partial charge in [-0.1, -0.05) is 59.0 Å². The molecule has 22 heavy (non-hydrogen) atoms. The molecule has 0 aromatic carbocycles. The Morgan fingerprint density at radius 3 is 1.32 bits per heavy atom. The number of carboxylic acids is 2. The summed E-state index contributed by atoms with van der Waals surface area (Å²) in [4.78, 5) is 21.4. The molecular formula is C16H26I2O4. The van der Waals surface area contributed by atoms with Gasteiger partial charge < -0.3 is 10.2 Å². The van der Waals surface area contributed by atoms with E-state index in [1.54, 1.807) is 0 Å². The second-order valence-electron chi connectivity index (χ2n) is 6.66. The van der Waals surface area contributed by atoms with Gasteiger partial charge in [0.15, 0.2) is 0 Å². The molecule has 2 N–H and O–H groups in total. The Hall–Kier alpha value is 0.400. The quantitative estimate of drug-likeness (QED) is 0.399. The standard InChI is InChI=1S/2C8H13IO2/c2*1-5-2-3-6(9)4-7(5)8(10)11/h2*5-7H,2-4H2,1H3,(H,10,11)/t5-,6+,7-;5-,6-,7-/m11/s1. The summed E-state index contributed by atoms with van der Waals surface area (Å²) in [6.07, 6.45) is 6.24. The van der Waals surface area contributed by atoms with Crippen molar-refractivity contribution in [2.45, 2.75) is 60.2 Å². The van der Waals surface area contributed by atoms with Crippen molar-refractivity contribution >= 4 is 57.1 Å². The van der Waals surface area contributed by atoms with E-state index in [2.05, 4.69) is 45.2 Å². The molecular weight excluding hydrogens is 510 g/mol. The summed E-state index contributed by atoms with van der Waals surface area (Å²) in [5.74, 6) is -0.661. The van der Waals surface area contributed by atoms with E-state index in [4.69, 9.17) is 10.2 Å². The molecule has 6 heteroatoms. The van der Waals surface area contributed by atoms with E-state index in [1.807, 2.05) is 13.8 Å². The molecule has 6 atom stereocenters. The number of rotatable bonds is 2. The molecule has 0 unspecified atom stereocenters. The maximum absolute atomic E-state index is 10.7. The zero-order chi connectivity index (χ0) is 16.9. The number of alkyl halides is 2. The maximum Gasteiger partial charge on any atom is 0.306 e. The predicted octanol–water partition coefficient (Wildman–Crippen LogP) is 4.62. The third kappa shape index (κ3) is 6.49. The predicted molar refractivity (Wildman–Crippen MR) is 104 cm³/mol. The number of hydrogen-bond donors (Lipinski definition) is 2. The van der Waals surface area contributed by atoms with Gasteiger partial charge in [0.1, 0.15) is 0 Å². The molecule has 2 aliphatic rings. The first-order chi connectivity index (χ1) is 10.2. The molecule has 0 spiro atoms. The Labute approximate surface area is 160 Å². The van der Waals surface area contributed by atoms with Crippen LogP contribution in [0.3, 0.4) is 0 Å². The van der Waals surface area contributed by atoms with Crippen molar-refractivity contribution in [2.24, 2.45) is 23.7 Å². The summed E-state index contributed by atoms with van der Waals surface area (Å²) in [5, 5.41) is 17.6. The van der Waals surface area contributed by atoms with Crippen molar-refractivity contribution in [1.82, 2.24) is 0 Å². The number of carbonyl (C=O) groups is 2. The monoisotopic (exact) mass is 536 g/mol. The first kappa shape index (κ1) is 20.4. The van der Waals surface area contributed by atoms with Gasteiger partial charge >= 0.3 is 11.9 Å². The van der Waals surface area contributed by atoms with Crippen molar-refractivity contribution in [3.63, 3.8) is 0 Å². The van der Waals surface area contributed by atoms with Crippen molar-refractivity contribution < 1.29 is 19.8 Å². The molecule has 2 rings (SSSR count). The largest absolute Gasteiger partial charge is 0.481 e. The summed E-state index contributed by atoms with van der Waals surface area (Å²) in [5.41, 5.74) is 0. The molecule has 2 aliphatic carbocycles. The van der Waals surface area contributed by atoms with Gasteiger partial charge in [0.05, 0.1) is 11.8 Å². The highest BCUT2D eigenvalue weighted by molar-refractivity contribution is 14.1. The zero-order valence-electron chi connectivity index (χ0n) is 13.2. The normalized spacial score (nSPS) is 38.5. The maximum atomic E-state index is 10.7. The molecule has 0 heterocycles. The van der Waals surface area contributed by atoms with Gasteiger partial charge in [-0.25, -0.2) is 0 Å². The Morgan fingerprint density at radius 1 is 0.773 bits per heavy atom. The molecule has 0 bridgehead atoms. The van der Waals surface area contributed by atoms with Crippen LogP contribution < -0.4 is 0 Å². The van der Waals surface area contributed by atoms with Crippen LogP contribution in [0.2, 0.25) is 0 Å². The summed E-state index contributed by atoms with van der Waals surface area (Å²) >= 11 is 4.70. The highest BCUT2D eigenvalue weighted by atomic mass is 127. The SMILES string of the molecule is C[C@@H]1CC[C@@H](I)C[C@H]1C(=O)O.C[C@@H]1CC[C@H](I)C[C@H]1C(=O)O.